The molecule has 0 saturated carbocycles. The highest BCUT2D eigenvalue weighted by atomic mass is 19.4. The molecule has 7 rings (SSSR count). The number of allylic oxidation sites excluding steroid dienone is 8. The highest BCUT2D eigenvalue weighted by Crippen LogP contribution is 2.46. The highest BCUT2D eigenvalue weighted by molar-refractivity contribution is 5.77. The number of hydrogen-bond donors (Lipinski definition) is 0. The van der Waals surface area contributed by atoms with Crippen LogP contribution in [-0.2, 0) is 23.2 Å². The van der Waals surface area contributed by atoms with Crippen molar-refractivity contribution in [2.75, 3.05) is 0 Å². The Morgan fingerprint density at radius 1 is 0.400 bits per heavy atom. The molecule has 2 aliphatic carbocycles. The smallest absolute Gasteiger partial charge is 0.252 e. The summed E-state index contributed by atoms with van der Waals surface area (Å²) in [6.07, 6.45) is -3.20. The highest BCUT2D eigenvalue weighted by Gasteiger charge is 2.41. The monoisotopic (exact) mass is 980 g/mol. The van der Waals surface area contributed by atoms with Gasteiger partial charge >= 0.3 is 24.7 Å². The van der Waals surface area contributed by atoms with Crippen LogP contribution in [0.3, 0.4) is 0 Å². The number of hydrogen-bond acceptors (Lipinski definition) is 2. The van der Waals surface area contributed by atoms with Crippen molar-refractivity contribution in [2.24, 2.45) is 0 Å². The molecule has 0 N–H and O–H groups in total. The first kappa shape index (κ1) is 51.9. The van der Waals surface area contributed by atoms with Crippen molar-refractivity contribution in [1.82, 2.24) is 9.97 Å². The van der Waals surface area contributed by atoms with Gasteiger partial charge in [-0.2, -0.15) is 52.7 Å². The third kappa shape index (κ3) is 12.1. The van der Waals surface area contributed by atoms with Crippen LogP contribution >= 0.6 is 0 Å². The van der Waals surface area contributed by atoms with Gasteiger partial charge in [-0.3, -0.25) is 9.97 Å². The number of alkyl halides is 12. The Hall–Kier alpha value is -5.92. The minimum absolute atomic E-state index is 0.0133. The summed E-state index contributed by atoms with van der Waals surface area (Å²) in [5.74, 6) is 0. The van der Waals surface area contributed by atoms with Crippen LogP contribution in [0.4, 0.5) is 52.7 Å². The lowest BCUT2D eigenvalue weighted by Gasteiger charge is -2.33. The molecule has 0 spiro atoms. The second kappa shape index (κ2) is 20.8. The average molecular weight is 981 g/mol. The molecule has 370 valence electrons. The summed E-state index contributed by atoms with van der Waals surface area (Å²) in [6.45, 7) is 4.09. The number of pyridine rings is 2. The Labute approximate surface area is 400 Å². The molecule has 0 amide bonds. The number of nitrogens with zero attached hydrogens (tertiary/aromatic N) is 2. The third-order valence-electron chi connectivity index (χ3n) is 13.4. The fourth-order valence-corrected chi connectivity index (χ4v) is 9.23. The zero-order chi connectivity index (χ0) is 50.5. The van der Waals surface area contributed by atoms with Crippen LogP contribution in [0.25, 0.3) is 44.8 Å². The number of rotatable bonds is 16. The van der Waals surface area contributed by atoms with E-state index in [-0.39, 0.29) is 12.8 Å². The Balaban J connectivity index is 1.35. The van der Waals surface area contributed by atoms with E-state index in [0.717, 1.165) is 87.1 Å². The first-order chi connectivity index (χ1) is 33.0. The summed E-state index contributed by atoms with van der Waals surface area (Å²) in [7, 11) is 0. The van der Waals surface area contributed by atoms with E-state index in [4.69, 9.17) is 9.97 Å². The molecule has 2 unspecified atom stereocenters. The summed E-state index contributed by atoms with van der Waals surface area (Å²) in [4.78, 5) is 9.90. The molecule has 0 saturated heterocycles. The van der Waals surface area contributed by atoms with Gasteiger partial charge in [-0.05, 0) is 96.5 Å². The predicted octanol–water partition coefficient (Wildman–Crippen LogP) is 18.5. The molecule has 2 aliphatic rings. The summed E-state index contributed by atoms with van der Waals surface area (Å²) in [5, 5.41) is 0. The predicted molar refractivity (Wildman–Crippen MR) is 250 cm³/mol. The zero-order valence-corrected chi connectivity index (χ0v) is 38.6. The third-order valence-corrected chi connectivity index (χ3v) is 13.4. The van der Waals surface area contributed by atoms with E-state index in [1.54, 1.807) is 60.7 Å². The number of unbranched alkanes of at least 4 members (excludes halogenated alkanes) is 6. The Morgan fingerprint density at radius 3 is 1.03 bits per heavy atom. The fourth-order valence-electron chi connectivity index (χ4n) is 9.23. The molecule has 2 aromatic heterocycles. The maximum absolute atomic E-state index is 13.9. The first-order valence-corrected chi connectivity index (χ1v) is 23.5. The van der Waals surface area contributed by atoms with Crippen molar-refractivity contribution in [3.05, 3.63) is 167 Å². The lowest BCUT2D eigenvalue weighted by molar-refractivity contribution is -0.138. The van der Waals surface area contributed by atoms with Gasteiger partial charge in [0, 0.05) is 22.0 Å². The van der Waals surface area contributed by atoms with Gasteiger partial charge in [0.1, 0.15) is 0 Å². The molecule has 0 fully saturated rings. The van der Waals surface area contributed by atoms with Crippen molar-refractivity contribution >= 4 is 0 Å². The van der Waals surface area contributed by atoms with E-state index >= 15 is 0 Å². The zero-order valence-electron chi connectivity index (χ0n) is 38.6. The number of aromatic nitrogens is 2. The summed E-state index contributed by atoms with van der Waals surface area (Å²) in [5.41, 5.74) is -0.553. The van der Waals surface area contributed by atoms with Crippen molar-refractivity contribution in [3.63, 3.8) is 0 Å². The molecular formula is C56H52F12N2. The molecule has 0 radical (unpaired) electrons. The van der Waals surface area contributed by atoms with E-state index in [2.05, 4.69) is 0 Å². The van der Waals surface area contributed by atoms with Crippen molar-refractivity contribution in [1.29, 1.82) is 0 Å². The van der Waals surface area contributed by atoms with Gasteiger partial charge in [-0.1, -0.05) is 150 Å². The molecule has 2 atom stereocenters. The van der Waals surface area contributed by atoms with E-state index in [9.17, 15) is 52.7 Å². The lowest BCUT2D eigenvalue weighted by atomic mass is 9.72. The Bertz CT molecular complexity index is 2530. The number of halogens is 12. The van der Waals surface area contributed by atoms with Crippen LogP contribution in [0.5, 0.6) is 0 Å². The molecule has 2 heterocycles. The van der Waals surface area contributed by atoms with Gasteiger partial charge in [-0.25, -0.2) is 0 Å². The van der Waals surface area contributed by atoms with Gasteiger partial charge in [-0.15, -0.1) is 0 Å². The molecule has 3 aromatic carbocycles. The average Bonchev–Trinajstić information content (AvgIpc) is 3.33. The van der Waals surface area contributed by atoms with Gasteiger partial charge in [0.2, 0.25) is 0 Å². The molecule has 0 aliphatic heterocycles. The summed E-state index contributed by atoms with van der Waals surface area (Å²) >= 11 is 0. The van der Waals surface area contributed by atoms with Crippen LogP contribution in [0.15, 0.2) is 145 Å². The van der Waals surface area contributed by atoms with Crippen molar-refractivity contribution in [2.45, 2.75) is 126 Å². The van der Waals surface area contributed by atoms with Gasteiger partial charge in [0.15, 0.2) is 0 Å². The SMILES string of the molecule is CCCCCCC1(c2cc(-c3ccc(-c4cc(-c5ccc(C(F)(F)F)cc5)nc(C5(CCCCCC)C=CC(C(F)(F)F)=CC5)c4)cc3)cc(-c3ccc(C(F)(F)F)cc3)n2)C=CC(C(F)(F)F)=CC1. The normalized spacial score (nSPS) is 18.8. The Morgan fingerprint density at radius 2 is 0.743 bits per heavy atom. The van der Waals surface area contributed by atoms with Crippen LogP contribution in [-0.4, -0.2) is 22.3 Å². The van der Waals surface area contributed by atoms with Crippen LogP contribution in [0.1, 0.15) is 113 Å². The largest absolute Gasteiger partial charge is 0.416 e. The maximum Gasteiger partial charge on any atom is 0.416 e. The fraction of sp³-hybridized carbons (Fsp3) is 0.357. The van der Waals surface area contributed by atoms with Gasteiger partial charge < -0.3 is 0 Å². The second-order valence-corrected chi connectivity index (χ2v) is 18.3. The van der Waals surface area contributed by atoms with Gasteiger partial charge in [0.05, 0.1) is 45.0 Å². The van der Waals surface area contributed by atoms with E-state index < -0.39 is 57.8 Å². The summed E-state index contributed by atoms with van der Waals surface area (Å²) in [6, 6.07) is 23.2. The van der Waals surface area contributed by atoms with E-state index in [1.807, 2.05) is 13.8 Å². The van der Waals surface area contributed by atoms with Gasteiger partial charge in [0.25, 0.3) is 0 Å². The molecular weight excluding hydrogens is 929 g/mol. The van der Waals surface area contributed by atoms with Crippen molar-refractivity contribution < 1.29 is 52.7 Å². The van der Waals surface area contributed by atoms with Crippen LogP contribution in [0, 0.1) is 0 Å². The quantitative estimate of drug-likeness (QED) is 0.0727. The molecule has 14 heteroatoms. The maximum atomic E-state index is 13.9. The van der Waals surface area contributed by atoms with Crippen LogP contribution < -0.4 is 0 Å². The van der Waals surface area contributed by atoms with E-state index in [1.165, 1.54) is 24.3 Å². The first-order valence-electron chi connectivity index (χ1n) is 23.5. The molecule has 0 bridgehead atoms. The summed E-state index contributed by atoms with van der Waals surface area (Å²) < 4.78 is 165. The minimum atomic E-state index is -4.59. The molecule has 2 nitrogen and oxygen atoms in total. The molecule has 5 aromatic rings. The second-order valence-electron chi connectivity index (χ2n) is 18.3. The minimum Gasteiger partial charge on any atom is -0.252 e. The van der Waals surface area contributed by atoms with Crippen molar-refractivity contribution in [3.8, 4) is 44.8 Å². The Kier molecular flexibility index (Phi) is 15.4. The van der Waals surface area contributed by atoms with Crippen LogP contribution in [0.2, 0.25) is 0 Å². The number of benzene rings is 3. The standard InChI is InChI=1S/C56H52F12N2/c1-3-5-7-9-27-51(29-23-45(24-30-51)55(63,64)65)49-35-41(33-47(69-49)39-15-19-43(20-16-39)53(57,58)59)37-11-13-38(14-12-37)42-34-48(40-17-21-44(22-18-40)54(60,61)62)70-50(36-42)52(28-10-8-6-4-2)31-25-46(26-32-52)56(66,67)68/h11-26,29,31,33-36H,3-10,27-28,30,32H2,1-2H3. The topological polar surface area (TPSA) is 25.8 Å². The van der Waals surface area contributed by atoms with E-state index in [0.29, 0.717) is 81.8 Å². The molecule has 70 heavy (non-hydrogen) atoms. The lowest BCUT2D eigenvalue weighted by Crippen LogP contribution is -2.28.